The monoisotopic (exact) mass is 419 g/mol. The van der Waals surface area contributed by atoms with E-state index in [1.165, 1.54) is 5.56 Å². The fourth-order valence-electron chi connectivity index (χ4n) is 5.45. The van der Waals surface area contributed by atoms with E-state index >= 15 is 0 Å². The minimum Gasteiger partial charge on any atom is -0.493 e. The Morgan fingerprint density at radius 3 is 2.74 bits per heavy atom. The van der Waals surface area contributed by atoms with Gasteiger partial charge in [-0.3, -0.25) is 4.79 Å². The van der Waals surface area contributed by atoms with E-state index in [0.29, 0.717) is 17.0 Å². The molecule has 3 atom stereocenters. The first-order chi connectivity index (χ1) is 15.0. The molecule has 1 saturated carbocycles. The van der Waals surface area contributed by atoms with Crippen LogP contribution in [0.4, 0.5) is 0 Å². The summed E-state index contributed by atoms with van der Waals surface area (Å²) in [6.45, 7) is 2.00. The maximum Gasteiger partial charge on any atom is 0.251 e. The lowest BCUT2D eigenvalue weighted by molar-refractivity contribution is 0.0904. The number of carbonyl (C=O) groups is 1. The number of carbonyl (C=O) groups excluding carboxylic acids is 1. The molecule has 1 N–H and O–H groups in total. The Kier molecular flexibility index (Phi) is 5.88. The van der Waals surface area contributed by atoms with E-state index in [4.69, 9.17) is 14.7 Å². The van der Waals surface area contributed by atoms with E-state index < -0.39 is 0 Å². The molecule has 0 spiro atoms. The van der Waals surface area contributed by atoms with Crippen molar-refractivity contribution in [3.8, 4) is 17.6 Å². The zero-order chi connectivity index (χ0) is 22.0. The van der Waals surface area contributed by atoms with Crippen molar-refractivity contribution in [1.82, 2.24) is 10.2 Å². The first-order valence-electron chi connectivity index (χ1n) is 10.7. The first kappa shape index (κ1) is 21.2. The number of amides is 1. The number of likely N-dealkylation sites (N-methyl/N-ethyl adjacent to an activating group) is 1. The molecule has 6 heteroatoms. The smallest absolute Gasteiger partial charge is 0.251 e. The molecular weight excluding hydrogens is 390 g/mol. The predicted molar refractivity (Wildman–Crippen MR) is 118 cm³/mol. The summed E-state index contributed by atoms with van der Waals surface area (Å²) in [4.78, 5) is 15.2. The molecule has 31 heavy (non-hydrogen) atoms. The largest absolute Gasteiger partial charge is 0.493 e. The van der Waals surface area contributed by atoms with Gasteiger partial charge in [0.2, 0.25) is 0 Å². The van der Waals surface area contributed by atoms with E-state index in [9.17, 15) is 4.79 Å². The topological polar surface area (TPSA) is 74.6 Å². The molecule has 6 nitrogen and oxygen atoms in total. The average molecular weight is 420 g/mol. The van der Waals surface area contributed by atoms with Crippen LogP contribution in [0.5, 0.6) is 11.5 Å². The van der Waals surface area contributed by atoms with Crippen LogP contribution in [0.3, 0.4) is 0 Å². The summed E-state index contributed by atoms with van der Waals surface area (Å²) >= 11 is 0. The van der Waals surface area contributed by atoms with Crippen LogP contribution in [-0.4, -0.2) is 51.2 Å². The van der Waals surface area contributed by atoms with Crippen LogP contribution in [-0.2, 0) is 5.41 Å². The van der Waals surface area contributed by atoms with Crippen LogP contribution in [0.2, 0.25) is 0 Å². The lowest BCUT2D eigenvalue weighted by Crippen LogP contribution is -2.47. The summed E-state index contributed by atoms with van der Waals surface area (Å²) < 4.78 is 11.0. The maximum absolute atomic E-state index is 12.8. The minimum atomic E-state index is -0.105. The second-order valence-electron chi connectivity index (χ2n) is 8.76. The molecule has 2 aliphatic rings. The number of methoxy groups -OCH3 is 2. The number of ether oxygens (including phenoxy) is 2. The van der Waals surface area contributed by atoms with Crippen molar-refractivity contribution in [3.63, 3.8) is 0 Å². The molecule has 1 heterocycles. The third-order valence-corrected chi connectivity index (χ3v) is 6.92. The van der Waals surface area contributed by atoms with Crippen LogP contribution in [0.1, 0.15) is 40.7 Å². The third kappa shape index (κ3) is 3.98. The number of nitrogens with zero attached hydrogens (tertiary/aromatic N) is 2. The van der Waals surface area contributed by atoms with Crippen molar-refractivity contribution < 1.29 is 14.3 Å². The molecule has 1 aliphatic heterocycles. The quantitative estimate of drug-likeness (QED) is 0.804. The highest BCUT2D eigenvalue weighted by Crippen LogP contribution is 2.49. The van der Waals surface area contributed by atoms with Gasteiger partial charge in [0, 0.05) is 30.1 Å². The molecule has 2 fully saturated rings. The maximum atomic E-state index is 12.8. The Hall–Kier alpha value is -3.04. The number of fused-ring (bicyclic) bond motifs is 1. The third-order valence-electron chi connectivity index (χ3n) is 6.92. The number of rotatable bonds is 5. The number of nitriles is 1. The summed E-state index contributed by atoms with van der Waals surface area (Å²) in [5, 5.41) is 12.3. The van der Waals surface area contributed by atoms with Crippen LogP contribution in [0.15, 0.2) is 42.5 Å². The van der Waals surface area contributed by atoms with E-state index in [0.717, 1.165) is 43.9 Å². The second kappa shape index (κ2) is 8.60. The molecular formula is C25H29N3O3. The number of hydrogen-bond acceptors (Lipinski definition) is 5. The van der Waals surface area contributed by atoms with E-state index in [1.54, 1.807) is 38.5 Å². The van der Waals surface area contributed by atoms with Gasteiger partial charge in [-0.2, -0.15) is 5.26 Å². The van der Waals surface area contributed by atoms with E-state index in [1.807, 2.05) is 6.07 Å². The molecule has 162 valence electrons. The summed E-state index contributed by atoms with van der Waals surface area (Å²) in [5.41, 5.74) is 2.38. The minimum absolute atomic E-state index is 0.0518. The van der Waals surface area contributed by atoms with Crippen molar-refractivity contribution in [2.24, 2.45) is 5.92 Å². The molecule has 2 aromatic rings. The normalized spacial score (nSPS) is 25.4. The Balaban J connectivity index is 1.53. The van der Waals surface area contributed by atoms with E-state index in [-0.39, 0.29) is 17.4 Å². The van der Waals surface area contributed by atoms with Gasteiger partial charge < -0.3 is 19.7 Å². The van der Waals surface area contributed by atoms with Gasteiger partial charge in [0.1, 0.15) is 0 Å². The number of benzene rings is 2. The lowest BCUT2D eigenvalue weighted by atomic mass is 9.63. The Labute approximate surface area is 183 Å². The highest BCUT2D eigenvalue weighted by molar-refractivity contribution is 5.94. The lowest BCUT2D eigenvalue weighted by Gasteiger charge is -2.43. The van der Waals surface area contributed by atoms with Gasteiger partial charge in [0.25, 0.3) is 5.91 Å². The zero-order valence-electron chi connectivity index (χ0n) is 18.4. The standard InChI is InChI=1S/C25H29N3O3/c1-28-15-20-12-21(27-24(29)18-6-4-5-17(11-18)14-26)9-10-25(20,16-28)19-7-8-22(30-2)23(13-19)31-3/h4-8,11,13,20-21H,9-10,12,15-16H2,1-3H3,(H,27,29)/t20-,21-,25+/m1/s1. The number of hydrogen-bond donors (Lipinski definition) is 1. The highest BCUT2D eigenvalue weighted by atomic mass is 16.5. The van der Waals surface area contributed by atoms with E-state index in [2.05, 4.69) is 35.5 Å². The van der Waals surface area contributed by atoms with Gasteiger partial charge in [-0.25, -0.2) is 0 Å². The Morgan fingerprint density at radius 2 is 2.00 bits per heavy atom. The van der Waals surface area contributed by atoms with Gasteiger partial charge in [-0.1, -0.05) is 12.1 Å². The number of likely N-dealkylation sites (tertiary alicyclic amines) is 1. The van der Waals surface area contributed by atoms with Gasteiger partial charge >= 0.3 is 0 Å². The molecule has 1 saturated heterocycles. The van der Waals surface area contributed by atoms with Crippen LogP contribution >= 0.6 is 0 Å². The van der Waals surface area contributed by atoms with Gasteiger partial charge in [0.15, 0.2) is 11.5 Å². The average Bonchev–Trinajstić information content (AvgIpc) is 3.14. The van der Waals surface area contributed by atoms with Crippen molar-refractivity contribution in [3.05, 3.63) is 59.2 Å². The van der Waals surface area contributed by atoms with Gasteiger partial charge in [0.05, 0.1) is 25.9 Å². The van der Waals surface area contributed by atoms with Crippen LogP contribution < -0.4 is 14.8 Å². The molecule has 1 amide bonds. The number of nitrogens with one attached hydrogen (secondary N) is 1. The van der Waals surface area contributed by atoms with Gasteiger partial charge in [-0.15, -0.1) is 0 Å². The zero-order valence-corrected chi connectivity index (χ0v) is 18.4. The van der Waals surface area contributed by atoms with Gasteiger partial charge in [-0.05, 0) is 68.1 Å². The summed E-state index contributed by atoms with van der Waals surface area (Å²) in [6.07, 6.45) is 2.85. The fourth-order valence-corrected chi connectivity index (χ4v) is 5.45. The van der Waals surface area contributed by atoms with Crippen LogP contribution in [0, 0.1) is 17.2 Å². The predicted octanol–water partition coefficient (Wildman–Crippen LogP) is 3.36. The van der Waals surface area contributed by atoms with Crippen molar-refractivity contribution in [2.75, 3.05) is 34.4 Å². The summed E-state index contributed by atoms with van der Waals surface area (Å²) in [5.74, 6) is 1.84. The summed E-state index contributed by atoms with van der Waals surface area (Å²) in [6, 6.07) is 15.4. The molecule has 0 aromatic heterocycles. The molecule has 4 rings (SSSR count). The summed E-state index contributed by atoms with van der Waals surface area (Å²) in [7, 11) is 5.50. The SMILES string of the molecule is COc1ccc([C@@]23CC[C@@H](NC(=O)c4cccc(C#N)c4)C[C@@H]2CN(C)C3)cc1OC. The van der Waals surface area contributed by atoms with Crippen molar-refractivity contribution in [1.29, 1.82) is 5.26 Å². The second-order valence-corrected chi connectivity index (χ2v) is 8.76. The Bertz CT molecular complexity index is 1020. The highest BCUT2D eigenvalue weighted by Gasteiger charge is 2.50. The molecule has 0 radical (unpaired) electrons. The fraction of sp³-hybridized carbons (Fsp3) is 0.440. The van der Waals surface area contributed by atoms with Crippen molar-refractivity contribution in [2.45, 2.75) is 30.7 Å². The molecule has 0 unspecified atom stereocenters. The molecule has 1 aliphatic carbocycles. The molecule has 2 aromatic carbocycles. The van der Waals surface area contributed by atoms with Crippen molar-refractivity contribution >= 4 is 5.91 Å². The molecule has 0 bridgehead atoms. The first-order valence-corrected chi connectivity index (χ1v) is 10.7. The Morgan fingerprint density at radius 1 is 1.19 bits per heavy atom. The van der Waals surface area contributed by atoms with Crippen LogP contribution in [0.25, 0.3) is 0 Å².